The Hall–Kier alpha value is -4.91. The van der Waals surface area contributed by atoms with Gasteiger partial charge in [-0.3, -0.25) is 19.2 Å². The number of benzene rings is 5. The van der Waals surface area contributed by atoms with Gasteiger partial charge in [-0.05, 0) is 52.9 Å². The van der Waals surface area contributed by atoms with Gasteiger partial charge in [-0.25, -0.2) is 4.79 Å². The van der Waals surface area contributed by atoms with E-state index >= 15 is 0 Å². The summed E-state index contributed by atoms with van der Waals surface area (Å²) in [4.78, 5) is 26.6. The summed E-state index contributed by atoms with van der Waals surface area (Å²) in [5.74, 6) is -0.377. The number of esters is 1. The molecule has 1 unspecified atom stereocenters. The molecular weight excluding hydrogens is 570 g/mol. The summed E-state index contributed by atoms with van der Waals surface area (Å²) in [7, 11) is 3.14. The van der Waals surface area contributed by atoms with E-state index in [1.807, 2.05) is 91.0 Å². The van der Waals surface area contributed by atoms with Crippen molar-refractivity contribution in [1.82, 2.24) is 14.5 Å². The molecule has 0 aliphatic carbocycles. The van der Waals surface area contributed by atoms with Gasteiger partial charge in [0.25, 0.3) is 0 Å². The molecule has 1 N–H and O–H groups in total. The Morgan fingerprint density at radius 2 is 1.30 bits per heavy atom. The van der Waals surface area contributed by atoms with Gasteiger partial charge in [0.2, 0.25) is 0 Å². The lowest BCUT2D eigenvalue weighted by Crippen LogP contribution is -2.53. The second kappa shape index (κ2) is 12.4. The third-order valence-corrected chi connectivity index (χ3v) is 8.46. The van der Waals surface area contributed by atoms with Gasteiger partial charge in [-0.1, -0.05) is 121 Å². The highest BCUT2D eigenvalue weighted by Gasteiger charge is 2.40. The topological polar surface area (TPSA) is 65.3 Å². The van der Waals surface area contributed by atoms with E-state index < -0.39 is 11.6 Å². The van der Waals surface area contributed by atoms with Crippen LogP contribution in [0, 0.1) is 0 Å². The van der Waals surface area contributed by atoms with E-state index in [4.69, 9.17) is 16.3 Å². The fraction of sp³-hybridized carbons (Fsp3) is 0.135. The second-order valence-electron chi connectivity index (χ2n) is 10.7. The number of hydrogen-bond acceptors (Lipinski definition) is 4. The monoisotopic (exact) mass is 601 g/mol. The van der Waals surface area contributed by atoms with Crippen LogP contribution in [0.25, 0.3) is 16.7 Å². The molecule has 44 heavy (non-hydrogen) atoms. The van der Waals surface area contributed by atoms with Crippen molar-refractivity contribution in [3.63, 3.8) is 0 Å². The van der Waals surface area contributed by atoms with Crippen LogP contribution in [0.1, 0.15) is 22.3 Å². The number of para-hydroxylation sites is 1. The fourth-order valence-electron chi connectivity index (χ4n) is 6.01. The van der Waals surface area contributed by atoms with Crippen LogP contribution in [-0.4, -0.2) is 28.3 Å². The SMILES string of the molecule is COC(=O)C(Cc1ccc(-n2c(=O)n(C)c3cccc(Cl)c32)cc1)NC(c1ccccc1)(c1ccccc1)c1ccccc1. The van der Waals surface area contributed by atoms with E-state index in [1.54, 1.807) is 22.2 Å². The Bertz CT molecular complexity index is 1850. The Morgan fingerprint density at radius 1 is 0.773 bits per heavy atom. The van der Waals surface area contributed by atoms with Crippen LogP contribution < -0.4 is 11.0 Å². The smallest absolute Gasteiger partial charge is 0.333 e. The van der Waals surface area contributed by atoms with Crippen molar-refractivity contribution in [3.05, 3.63) is 171 Å². The van der Waals surface area contributed by atoms with E-state index in [-0.39, 0.29) is 11.7 Å². The molecular formula is C37H32ClN3O3. The van der Waals surface area contributed by atoms with Crippen LogP contribution in [-0.2, 0) is 28.5 Å². The number of aryl methyl sites for hydroxylation is 1. The summed E-state index contributed by atoms with van der Waals surface area (Å²) in [5, 5.41) is 4.25. The number of fused-ring (bicyclic) bond motifs is 1. The van der Waals surface area contributed by atoms with Gasteiger partial charge >= 0.3 is 11.7 Å². The summed E-state index contributed by atoms with van der Waals surface area (Å²) in [6.45, 7) is 0. The standard InChI is InChI=1S/C37H32ClN3O3/c1-40-33-20-12-19-31(38)34(33)41(36(40)43)30-23-21-26(22-24-30)25-32(35(42)44-2)39-37(27-13-6-3-7-14-27,28-15-8-4-9-16-28)29-17-10-5-11-18-29/h3-24,32,39H,25H2,1-2H3. The molecule has 0 saturated heterocycles. The number of methoxy groups -OCH3 is 1. The molecule has 5 aromatic carbocycles. The first-order chi connectivity index (χ1) is 21.4. The number of rotatable bonds is 9. The van der Waals surface area contributed by atoms with Crippen molar-refractivity contribution in [2.24, 2.45) is 7.05 Å². The van der Waals surface area contributed by atoms with Crippen molar-refractivity contribution in [2.75, 3.05) is 7.11 Å². The molecule has 6 aromatic rings. The molecule has 0 amide bonds. The fourth-order valence-corrected chi connectivity index (χ4v) is 6.27. The first-order valence-electron chi connectivity index (χ1n) is 14.4. The van der Waals surface area contributed by atoms with Crippen LogP contribution in [0.4, 0.5) is 0 Å². The van der Waals surface area contributed by atoms with Crippen molar-refractivity contribution in [1.29, 1.82) is 0 Å². The summed E-state index contributed by atoms with van der Waals surface area (Å²) in [6, 6.07) is 42.8. The number of hydrogen-bond donors (Lipinski definition) is 1. The van der Waals surface area contributed by atoms with E-state index in [0.29, 0.717) is 22.6 Å². The highest BCUT2D eigenvalue weighted by Crippen LogP contribution is 2.37. The molecule has 0 aliphatic rings. The van der Waals surface area contributed by atoms with Crippen molar-refractivity contribution < 1.29 is 9.53 Å². The number of nitrogens with zero attached hydrogens (tertiary/aromatic N) is 2. The molecule has 1 heterocycles. The summed E-state index contributed by atoms with van der Waals surface area (Å²) >= 11 is 6.53. The van der Waals surface area contributed by atoms with Gasteiger partial charge in [-0.2, -0.15) is 0 Å². The molecule has 6 nitrogen and oxygen atoms in total. The van der Waals surface area contributed by atoms with Gasteiger partial charge < -0.3 is 4.74 Å². The number of carbonyl (C=O) groups excluding carboxylic acids is 1. The Morgan fingerprint density at radius 3 is 1.80 bits per heavy atom. The van der Waals surface area contributed by atoms with Crippen LogP contribution >= 0.6 is 11.6 Å². The minimum atomic E-state index is -0.852. The zero-order valence-corrected chi connectivity index (χ0v) is 25.2. The lowest BCUT2D eigenvalue weighted by molar-refractivity contribution is -0.143. The lowest BCUT2D eigenvalue weighted by atomic mass is 9.76. The molecule has 0 fully saturated rings. The maximum absolute atomic E-state index is 13.5. The molecule has 6 rings (SSSR count). The van der Waals surface area contributed by atoms with Crippen molar-refractivity contribution >= 4 is 28.6 Å². The number of halogens is 1. The van der Waals surface area contributed by atoms with Gasteiger partial charge in [0.15, 0.2) is 0 Å². The summed E-state index contributed by atoms with van der Waals surface area (Å²) < 4.78 is 8.55. The van der Waals surface area contributed by atoms with E-state index in [1.165, 1.54) is 7.11 Å². The maximum Gasteiger partial charge on any atom is 0.333 e. The number of ether oxygens (including phenoxy) is 1. The van der Waals surface area contributed by atoms with Gasteiger partial charge in [-0.15, -0.1) is 0 Å². The maximum atomic E-state index is 13.5. The minimum Gasteiger partial charge on any atom is -0.468 e. The van der Waals surface area contributed by atoms with E-state index in [2.05, 4.69) is 41.7 Å². The van der Waals surface area contributed by atoms with Crippen LogP contribution in [0.15, 0.2) is 138 Å². The third-order valence-electron chi connectivity index (χ3n) is 8.16. The Kier molecular flexibility index (Phi) is 8.20. The van der Waals surface area contributed by atoms with Gasteiger partial charge in [0.1, 0.15) is 6.04 Å². The number of nitrogens with one attached hydrogen (secondary N) is 1. The van der Waals surface area contributed by atoms with E-state index in [9.17, 15) is 9.59 Å². The number of imidazole rings is 1. The zero-order valence-electron chi connectivity index (χ0n) is 24.5. The van der Waals surface area contributed by atoms with Crippen LogP contribution in [0.5, 0.6) is 0 Å². The largest absolute Gasteiger partial charge is 0.468 e. The van der Waals surface area contributed by atoms with Gasteiger partial charge in [0, 0.05) is 7.05 Å². The molecule has 1 aromatic heterocycles. The first-order valence-corrected chi connectivity index (χ1v) is 14.8. The van der Waals surface area contributed by atoms with Gasteiger partial charge in [0.05, 0.1) is 34.4 Å². The highest BCUT2D eigenvalue weighted by atomic mass is 35.5. The van der Waals surface area contributed by atoms with Crippen LogP contribution in [0.3, 0.4) is 0 Å². The minimum absolute atomic E-state index is 0.187. The number of aromatic nitrogens is 2. The molecule has 0 radical (unpaired) electrons. The lowest BCUT2D eigenvalue weighted by Gasteiger charge is -2.39. The summed E-state index contributed by atoms with van der Waals surface area (Å²) in [6.07, 6.45) is 0.354. The first kappa shape index (κ1) is 29.2. The zero-order chi connectivity index (χ0) is 30.7. The molecule has 0 saturated carbocycles. The molecule has 0 spiro atoms. The summed E-state index contributed by atoms with van der Waals surface area (Å²) in [5.41, 5.74) is 4.94. The number of carbonyl (C=O) groups is 1. The quantitative estimate of drug-likeness (QED) is 0.149. The average molecular weight is 602 g/mol. The molecule has 220 valence electrons. The Balaban J connectivity index is 1.42. The van der Waals surface area contributed by atoms with Crippen molar-refractivity contribution in [2.45, 2.75) is 18.0 Å². The predicted molar refractivity (Wildman–Crippen MR) is 175 cm³/mol. The van der Waals surface area contributed by atoms with Crippen LogP contribution in [0.2, 0.25) is 5.02 Å². The highest BCUT2D eigenvalue weighted by molar-refractivity contribution is 6.35. The molecule has 1 atom stereocenters. The van der Waals surface area contributed by atoms with E-state index in [0.717, 1.165) is 27.8 Å². The molecule has 0 bridgehead atoms. The van der Waals surface area contributed by atoms with Crippen molar-refractivity contribution in [3.8, 4) is 5.69 Å². The molecule has 0 aliphatic heterocycles. The average Bonchev–Trinajstić information content (AvgIpc) is 3.34. The third kappa shape index (κ3) is 5.23. The normalized spacial score (nSPS) is 12.2. The molecule has 7 heteroatoms. The second-order valence-corrected chi connectivity index (χ2v) is 11.1. The Labute approximate surface area is 261 Å². The predicted octanol–water partition coefficient (Wildman–Crippen LogP) is 6.65.